The quantitative estimate of drug-likeness (QED) is 0.488. The van der Waals surface area contributed by atoms with Gasteiger partial charge in [-0.3, -0.25) is 9.78 Å². The lowest BCUT2D eigenvalue weighted by Crippen LogP contribution is -2.44. The molecule has 0 radical (unpaired) electrons. The molecule has 0 spiro atoms. The predicted molar refractivity (Wildman–Crippen MR) is 121 cm³/mol. The van der Waals surface area contributed by atoms with Crippen LogP contribution in [0.25, 0.3) is 21.3 Å². The minimum atomic E-state index is -4.64. The highest BCUT2D eigenvalue weighted by Crippen LogP contribution is 2.33. The van der Waals surface area contributed by atoms with Gasteiger partial charge in [-0.2, -0.15) is 13.2 Å². The van der Waals surface area contributed by atoms with Crippen LogP contribution in [0.15, 0.2) is 30.6 Å². The topological polar surface area (TPSA) is 79.2 Å². The van der Waals surface area contributed by atoms with Crippen molar-refractivity contribution in [1.29, 1.82) is 0 Å². The van der Waals surface area contributed by atoms with Crippen molar-refractivity contribution < 1.29 is 18.0 Å². The second-order valence-electron chi connectivity index (χ2n) is 7.97. The minimum absolute atomic E-state index is 0.00667. The summed E-state index contributed by atoms with van der Waals surface area (Å²) in [5.74, 6) is -1.64. The molecular weight excluding hydrogens is 455 g/mol. The molecule has 1 saturated heterocycles. The van der Waals surface area contributed by atoms with Crippen molar-refractivity contribution in [3.63, 3.8) is 0 Å². The second-order valence-corrected chi connectivity index (χ2v) is 8.98. The molecular formula is C21H20F3N7OS. The van der Waals surface area contributed by atoms with Gasteiger partial charge in [-0.15, -0.1) is 0 Å². The van der Waals surface area contributed by atoms with Crippen molar-refractivity contribution in [2.45, 2.75) is 6.18 Å². The Morgan fingerprint density at radius 1 is 1.06 bits per heavy atom. The Bertz CT molecular complexity index is 1360. The lowest BCUT2D eigenvalue weighted by molar-refractivity contribution is -0.146. The number of fused-ring (bicyclic) bond motifs is 2. The molecule has 12 heteroatoms. The van der Waals surface area contributed by atoms with Crippen LogP contribution in [-0.4, -0.2) is 63.6 Å². The number of anilines is 2. The van der Waals surface area contributed by atoms with Gasteiger partial charge >= 0.3 is 6.18 Å². The number of carbonyl (C=O) groups excluding carboxylic acids is 1. The second kappa shape index (κ2) is 7.96. The third-order valence-electron chi connectivity index (χ3n) is 5.68. The monoisotopic (exact) mass is 475 g/mol. The summed E-state index contributed by atoms with van der Waals surface area (Å²) in [5.41, 5.74) is 1.45. The maximum absolute atomic E-state index is 13.3. The van der Waals surface area contributed by atoms with Gasteiger partial charge in [0.15, 0.2) is 5.13 Å². The molecule has 5 rings (SSSR count). The van der Waals surface area contributed by atoms with Crippen LogP contribution >= 0.6 is 11.3 Å². The molecule has 1 aliphatic rings. The molecule has 0 unspecified atom stereocenters. The molecule has 4 aromatic rings. The fraction of sp³-hybridized carbons (Fsp3) is 0.333. The van der Waals surface area contributed by atoms with Gasteiger partial charge in [-0.05, 0) is 25.2 Å². The van der Waals surface area contributed by atoms with E-state index < -0.39 is 17.9 Å². The number of piperazine rings is 1. The molecule has 1 N–H and O–H groups in total. The molecule has 33 heavy (non-hydrogen) atoms. The van der Waals surface area contributed by atoms with E-state index in [1.807, 2.05) is 12.1 Å². The number of rotatable bonds is 3. The van der Waals surface area contributed by atoms with Gasteiger partial charge in [0, 0.05) is 45.1 Å². The summed E-state index contributed by atoms with van der Waals surface area (Å²) in [6.07, 6.45) is -2.18. The fourth-order valence-corrected chi connectivity index (χ4v) is 4.97. The molecule has 0 saturated carbocycles. The van der Waals surface area contributed by atoms with E-state index in [4.69, 9.17) is 4.98 Å². The molecule has 0 bridgehead atoms. The zero-order valence-electron chi connectivity index (χ0n) is 17.8. The standard InChI is InChI=1S/C21H20F3N7OS/c1-29-5-7-31(8-6-29)20-28-14-4-3-12(9-16(14)33-20)26-18(32)13-10-25-11-15-17(13)30(2)19(27-15)21(22,23)24/h3-4,9-11H,5-8H2,1-2H3,(H,26,32). The predicted octanol–water partition coefficient (Wildman–Crippen LogP) is 3.60. The maximum Gasteiger partial charge on any atom is 0.449 e. The summed E-state index contributed by atoms with van der Waals surface area (Å²) in [5, 5.41) is 3.70. The molecule has 1 aromatic carbocycles. The number of amides is 1. The van der Waals surface area contributed by atoms with E-state index in [0.717, 1.165) is 46.1 Å². The fourth-order valence-electron chi connectivity index (χ4n) is 3.91. The number of nitrogens with one attached hydrogen (secondary N) is 1. The average molecular weight is 476 g/mol. The highest BCUT2D eigenvalue weighted by Gasteiger charge is 2.37. The van der Waals surface area contributed by atoms with Gasteiger partial charge in [0.25, 0.3) is 5.91 Å². The van der Waals surface area contributed by atoms with E-state index in [0.29, 0.717) is 5.69 Å². The summed E-state index contributed by atoms with van der Waals surface area (Å²) < 4.78 is 41.6. The molecule has 1 aliphatic heterocycles. The molecule has 1 fully saturated rings. The Labute approximate surface area is 190 Å². The molecule has 4 heterocycles. The zero-order valence-corrected chi connectivity index (χ0v) is 18.7. The summed E-state index contributed by atoms with van der Waals surface area (Å²) in [7, 11) is 3.33. The number of benzene rings is 1. The Morgan fingerprint density at radius 3 is 2.55 bits per heavy atom. The van der Waals surface area contributed by atoms with Crippen LogP contribution in [0.1, 0.15) is 16.2 Å². The SMILES string of the molecule is CN1CCN(c2nc3ccc(NC(=O)c4cncc5nc(C(F)(F)F)n(C)c45)cc3s2)CC1. The van der Waals surface area contributed by atoms with Gasteiger partial charge in [-0.1, -0.05) is 11.3 Å². The Morgan fingerprint density at radius 2 is 1.82 bits per heavy atom. The minimum Gasteiger partial charge on any atom is -0.345 e. The Balaban J connectivity index is 1.42. The van der Waals surface area contributed by atoms with Gasteiger partial charge < -0.3 is 19.7 Å². The summed E-state index contributed by atoms with van der Waals surface area (Å²) in [6, 6.07) is 5.37. The number of halogens is 3. The number of carbonyl (C=O) groups is 1. The Kier molecular flexibility index (Phi) is 5.20. The van der Waals surface area contributed by atoms with E-state index in [1.165, 1.54) is 19.4 Å². The first kappa shape index (κ1) is 21.6. The van der Waals surface area contributed by atoms with Crippen LogP contribution in [0.2, 0.25) is 0 Å². The van der Waals surface area contributed by atoms with E-state index in [9.17, 15) is 18.0 Å². The third kappa shape index (κ3) is 4.00. The number of hydrogen-bond acceptors (Lipinski definition) is 7. The van der Waals surface area contributed by atoms with Crippen LogP contribution in [-0.2, 0) is 13.2 Å². The molecule has 0 atom stereocenters. The molecule has 172 valence electrons. The maximum atomic E-state index is 13.3. The number of imidazole rings is 1. The zero-order chi connectivity index (χ0) is 23.3. The lowest BCUT2D eigenvalue weighted by Gasteiger charge is -2.31. The molecule has 3 aromatic heterocycles. The van der Waals surface area contributed by atoms with Crippen molar-refractivity contribution >= 4 is 49.3 Å². The highest BCUT2D eigenvalue weighted by molar-refractivity contribution is 7.22. The average Bonchev–Trinajstić information content (AvgIpc) is 3.35. The third-order valence-corrected chi connectivity index (χ3v) is 6.76. The number of thiazole rings is 1. The van der Waals surface area contributed by atoms with E-state index >= 15 is 0 Å². The van der Waals surface area contributed by atoms with Crippen LogP contribution in [0.5, 0.6) is 0 Å². The van der Waals surface area contributed by atoms with Crippen LogP contribution in [0, 0.1) is 0 Å². The van der Waals surface area contributed by atoms with Gasteiger partial charge in [0.2, 0.25) is 5.82 Å². The van der Waals surface area contributed by atoms with Crippen LogP contribution in [0.3, 0.4) is 0 Å². The normalized spacial score (nSPS) is 15.5. The summed E-state index contributed by atoms with van der Waals surface area (Å²) in [6.45, 7) is 3.75. The number of alkyl halides is 3. The van der Waals surface area contributed by atoms with Gasteiger partial charge in [0.1, 0.15) is 5.52 Å². The van der Waals surface area contributed by atoms with Crippen molar-refractivity contribution in [3.8, 4) is 0 Å². The van der Waals surface area contributed by atoms with Crippen molar-refractivity contribution in [1.82, 2.24) is 24.4 Å². The molecule has 8 nitrogen and oxygen atoms in total. The number of aromatic nitrogens is 4. The van der Waals surface area contributed by atoms with E-state index in [2.05, 4.69) is 32.1 Å². The van der Waals surface area contributed by atoms with E-state index in [-0.39, 0.29) is 16.6 Å². The molecule has 1 amide bonds. The number of aryl methyl sites for hydroxylation is 1. The van der Waals surface area contributed by atoms with E-state index in [1.54, 1.807) is 17.4 Å². The first-order valence-electron chi connectivity index (χ1n) is 10.2. The molecule has 0 aliphatic carbocycles. The van der Waals surface area contributed by atoms with Crippen LogP contribution < -0.4 is 10.2 Å². The number of likely N-dealkylation sites (N-methyl/N-ethyl adjacent to an activating group) is 1. The number of pyridine rings is 1. The summed E-state index contributed by atoms with van der Waals surface area (Å²) >= 11 is 1.55. The smallest absolute Gasteiger partial charge is 0.345 e. The Hall–Kier alpha value is -3.25. The van der Waals surface area contributed by atoms with Crippen molar-refractivity contribution in [2.75, 3.05) is 43.4 Å². The van der Waals surface area contributed by atoms with Crippen molar-refractivity contribution in [2.24, 2.45) is 7.05 Å². The number of hydrogen-bond donors (Lipinski definition) is 1. The van der Waals surface area contributed by atoms with Crippen molar-refractivity contribution in [3.05, 3.63) is 42.0 Å². The number of nitrogens with zero attached hydrogens (tertiary/aromatic N) is 6. The first-order chi connectivity index (χ1) is 15.7. The largest absolute Gasteiger partial charge is 0.449 e. The first-order valence-corrected chi connectivity index (χ1v) is 11.1. The summed E-state index contributed by atoms with van der Waals surface area (Å²) in [4.78, 5) is 29.7. The van der Waals surface area contributed by atoms with Crippen LogP contribution in [0.4, 0.5) is 24.0 Å². The lowest BCUT2D eigenvalue weighted by atomic mass is 10.2. The van der Waals surface area contributed by atoms with Gasteiger partial charge in [0.05, 0.1) is 27.5 Å². The van der Waals surface area contributed by atoms with Gasteiger partial charge in [-0.25, -0.2) is 9.97 Å². The highest BCUT2D eigenvalue weighted by atomic mass is 32.1.